The van der Waals surface area contributed by atoms with E-state index in [-0.39, 0.29) is 5.56 Å². The van der Waals surface area contributed by atoms with Crippen LogP contribution in [0, 0.1) is 0 Å². The van der Waals surface area contributed by atoms with Crippen LogP contribution in [0.15, 0.2) is 48.5 Å². The Bertz CT molecular complexity index is 592. The lowest BCUT2D eigenvalue weighted by molar-refractivity contribution is 0.0697. The van der Waals surface area contributed by atoms with E-state index >= 15 is 0 Å². The molecule has 0 unspecified atom stereocenters. The van der Waals surface area contributed by atoms with Crippen molar-refractivity contribution in [2.24, 2.45) is 0 Å². The zero-order chi connectivity index (χ0) is 15.1. The molecule has 2 aromatic rings. The fourth-order valence-corrected chi connectivity index (χ4v) is 1.70. The van der Waals surface area contributed by atoms with Gasteiger partial charge in [0.15, 0.2) is 0 Å². The van der Waals surface area contributed by atoms with Crippen LogP contribution in [0.1, 0.15) is 10.4 Å². The van der Waals surface area contributed by atoms with Gasteiger partial charge in [0.05, 0.1) is 12.7 Å². The lowest BCUT2D eigenvalue weighted by Crippen LogP contribution is -2.09. The summed E-state index contributed by atoms with van der Waals surface area (Å²) in [4.78, 5) is 10.7. The molecule has 0 atom stereocenters. The highest BCUT2D eigenvalue weighted by Crippen LogP contribution is 2.18. The van der Waals surface area contributed by atoms with Crippen molar-refractivity contribution in [3.63, 3.8) is 0 Å². The van der Waals surface area contributed by atoms with Crippen LogP contribution < -0.4 is 14.2 Å². The van der Waals surface area contributed by atoms with Gasteiger partial charge in [-0.3, -0.25) is 0 Å². The third-order valence-corrected chi connectivity index (χ3v) is 2.76. The Balaban J connectivity index is 1.77. The molecule has 0 saturated heterocycles. The average molecular weight is 288 g/mol. The molecule has 0 aromatic heterocycles. The molecule has 0 heterocycles. The van der Waals surface area contributed by atoms with Crippen LogP contribution in [-0.4, -0.2) is 31.4 Å². The standard InChI is InChI=1S/C16H16O5/c1-19-14-3-2-4-15(11-14)21-10-9-20-13-7-5-12(6-8-13)16(17)18/h2-8,11H,9-10H2,1H3,(H,17,18). The normalized spacial score (nSPS) is 9.95. The molecule has 1 N–H and O–H groups in total. The summed E-state index contributed by atoms with van der Waals surface area (Å²) in [6.07, 6.45) is 0. The molecule has 2 rings (SSSR count). The van der Waals surface area contributed by atoms with Gasteiger partial charge in [0.25, 0.3) is 0 Å². The number of ether oxygens (including phenoxy) is 3. The van der Waals surface area contributed by atoms with Gasteiger partial charge in [-0.1, -0.05) is 6.07 Å². The summed E-state index contributed by atoms with van der Waals surface area (Å²) in [6, 6.07) is 13.6. The van der Waals surface area contributed by atoms with E-state index in [0.29, 0.717) is 24.7 Å². The van der Waals surface area contributed by atoms with Crippen LogP contribution >= 0.6 is 0 Å². The van der Waals surface area contributed by atoms with E-state index in [1.807, 2.05) is 18.2 Å². The molecule has 0 fully saturated rings. The Kier molecular flexibility index (Phi) is 5.04. The lowest BCUT2D eigenvalue weighted by atomic mass is 10.2. The fraction of sp³-hybridized carbons (Fsp3) is 0.188. The van der Waals surface area contributed by atoms with Crippen molar-refractivity contribution in [1.82, 2.24) is 0 Å². The highest BCUT2D eigenvalue weighted by Gasteiger charge is 2.02. The minimum Gasteiger partial charge on any atom is -0.497 e. The number of carboxylic acids is 1. The molecule has 0 amide bonds. The minimum atomic E-state index is -0.956. The number of carboxylic acid groups (broad SMARTS) is 1. The van der Waals surface area contributed by atoms with E-state index < -0.39 is 5.97 Å². The van der Waals surface area contributed by atoms with E-state index in [0.717, 1.165) is 5.75 Å². The molecule has 0 bridgehead atoms. The Morgan fingerprint density at radius 1 is 0.952 bits per heavy atom. The summed E-state index contributed by atoms with van der Waals surface area (Å²) >= 11 is 0. The zero-order valence-electron chi connectivity index (χ0n) is 11.6. The van der Waals surface area contributed by atoms with Gasteiger partial charge in [0.2, 0.25) is 0 Å². The summed E-state index contributed by atoms with van der Waals surface area (Å²) in [7, 11) is 1.60. The van der Waals surface area contributed by atoms with E-state index in [9.17, 15) is 4.79 Å². The largest absolute Gasteiger partial charge is 0.497 e. The third-order valence-electron chi connectivity index (χ3n) is 2.76. The molecule has 0 aliphatic carbocycles. The highest BCUT2D eigenvalue weighted by atomic mass is 16.5. The quantitative estimate of drug-likeness (QED) is 0.794. The molecule has 21 heavy (non-hydrogen) atoms. The molecular formula is C16H16O5. The topological polar surface area (TPSA) is 65.0 Å². The van der Waals surface area contributed by atoms with Crippen LogP contribution in [0.3, 0.4) is 0 Å². The first-order valence-corrected chi connectivity index (χ1v) is 6.42. The van der Waals surface area contributed by atoms with E-state index in [4.69, 9.17) is 19.3 Å². The maximum atomic E-state index is 10.7. The van der Waals surface area contributed by atoms with Crippen molar-refractivity contribution >= 4 is 5.97 Å². The number of rotatable bonds is 7. The van der Waals surface area contributed by atoms with Crippen molar-refractivity contribution in [2.45, 2.75) is 0 Å². The fourth-order valence-electron chi connectivity index (χ4n) is 1.70. The first-order valence-electron chi connectivity index (χ1n) is 6.42. The van der Waals surface area contributed by atoms with Crippen LogP contribution in [0.2, 0.25) is 0 Å². The first-order chi connectivity index (χ1) is 10.2. The Morgan fingerprint density at radius 3 is 2.19 bits per heavy atom. The van der Waals surface area contributed by atoms with E-state index in [1.165, 1.54) is 12.1 Å². The van der Waals surface area contributed by atoms with Crippen molar-refractivity contribution in [2.75, 3.05) is 20.3 Å². The van der Waals surface area contributed by atoms with Crippen molar-refractivity contribution < 1.29 is 24.1 Å². The van der Waals surface area contributed by atoms with Crippen molar-refractivity contribution in [3.8, 4) is 17.2 Å². The summed E-state index contributed by atoms with van der Waals surface area (Å²) in [5.41, 5.74) is 0.231. The van der Waals surface area contributed by atoms with Crippen molar-refractivity contribution in [1.29, 1.82) is 0 Å². The van der Waals surface area contributed by atoms with Crippen molar-refractivity contribution in [3.05, 3.63) is 54.1 Å². The number of carbonyl (C=O) groups is 1. The Labute approximate surface area is 122 Å². The summed E-state index contributed by atoms with van der Waals surface area (Å²) in [5, 5.41) is 8.79. The van der Waals surface area contributed by atoms with Crippen LogP contribution in [-0.2, 0) is 0 Å². The number of hydrogen-bond acceptors (Lipinski definition) is 4. The molecule has 0 spiro atoms. The van der Waals surface area contributed by atoms with Gasteiger partial charge in [0, 0.05) is 6.07 Å². The summed E-state index contributed by atoms with van der Waals surface area (Å²) in [5.74, 6) is 1.09. The van der Waals surface area contributed by atoms with Gasteiger partial charge in [-0.2, -0.15) is 0 Å². The molecule has 2 aromatic carbocycles. The monoisotopic (exact) mass is 288 g/mol. The summed E-state index contributed by atoms with van der Waals surface area (Å²) < 4.78 is 16.1. The number of benzene rings is 2. The predicted molar refractivity (Wildman–Crippen MR) is 77.4 cm³/mol. The van der Waals surface area contributed by atoms with Gasteiger partial charge in [-0.05, 0) is 36.4 Å². The molecule has 0 aliphatic heterocycles. The molecule has 0 aliphatic rings. The molecular weight excluding hydrogens is 272 g/mol. The van der Waals surface area contributed by atoms with Crippen LogP contribution in [0.4, 0.5) is 0 Å². The highest BCUT2D eigenvalue weighted by molar-refractivity contribution is 5.87. The number of aromatic carboxylic acids is 1. The molecule has 0 radical (unpaired) electrons. The molecule has 5 heteroatoms. The molecule has 0 saturated carbocycles. The summed E-state index contributed by atoms with van der Waals surface area (Å²) in [6.45, 7) is 0.747. The Morgan fingerprint density at radius 2 is 1.57 bits per heavy atom. The van der Waals surface area contributed by atoms with Gasteiger partial charge >= 0.3 is 5.97 Å². The van der Waals surface area contributed by atoms with E-state index in [1.54, 1.807) is 25.3 Å². The van der Waals surface area contributed by atoms with Gasteiger partial charge in [-0.15, -0.1) is 0 Å². The Hall–Kier alpha value is -2.69. The molecule has 110 valence electrons. The molecule has 5 nitrogen and oxygen atoms in total. The maximum absolute atomic E-state index is 10.7. The van der Waals surface area contributed by atoms with E-state index in [2.05, 4.69) is 0 Å². The van der Waals surface area contributed by atoms with Gasteiger partial charge < -0.3 is 19.3 Å². The lowest BCUT2D eigenvalue weighted by Gasteiger charge is -2.09. The SMILES string of the molecule is COc1cccc(OCCOc2ccc(C(=O)O)cc2)c1. The number of methoxy groups -OCH3 is 1. The average Bonchev–Trinajstić information content (AvgIpc) is 2.52. The third kappa shape index (κ3) is 4.42. The second-order valence-electron chi connectivity index (χ2n) is 4.21. The second-order valence-corrected chi connectivity index (χ2v) is 4.21. The predicted octanol–water partition coefficient (Wildman–Crippen LogP) is 2.85. The maximum Gasteiger partial charge on any atom is 0.335 e. The van der Waals surface area contributed by atoms with Crippen LogP contribution in [0.25, 0.3) is 0 Å². The van der Waals surface area contributed by atoms with Gasteiger partial charge in [-0.25, -0.2) is 4.79 Å². The zero-order valence-corrected chi connectivity index (χ0v) is 11.6. The van der Waals surface area contributed by atoms with Gasteiger partial charge in [0.1, 0.15) is 30.5 Å². The van der Waals surface area contributed by atoms with Crippen LogP contribution in [0.5, 0.6) is 17.2 Å². The first kappa shape index (κ1) is 14.7. The smallest absolute Gasteiger partial charge is 0.335 e. The minimum absolute atomic E-state index is 0.231. The second kappa shape index (κ2) is 7.19. The number of hydrogen-bond donors (Lipinski definition) is 1.